The highest BCUT2D eigenvalue weighted by Gasteiger charge is 2.36. The van der Waals surface area contributed by atoms with Gasteiger partial charge in [0.15, 0.2) is 6.10 Å². The van der Waals surface area contributed by atoms with Crippen LogP contribution in [0.4, 0.5) is 0 Å². The van der Waals surface area contributed by atoms with Crippen molar-refractivity contribution in [3.05, 3.63) is 47.7 Å². The van der Waals surface area contributed by atoms with Gasteiger partial charge in [0.25, 0.3) is 0 Å². The second-order valence-electron chi connectivity index (χ2n) is 9.83. The highest BCUT2D eigenvalue weighted by molar-refractivity contribution is 5.85. The van der Waals surface area contributed by atoms with Crippen LogP contribution in [-0.2, 0) is 21.3 Å². The Balaban J connectivity index is 2.23. The summed E-state index contributed by atoms with van der Waals surface area (Å²) in [5.74, 6) is -0.412. The monoisotopic (exact) mass is 410 g/mol. The van der Waals surface area contributed by atoms with Gasteiger partial charge in [0.1, 0.15) is 5.69 Å². The number of carbonyl (C=O) groups is 1. The Labute approximate surface area is 180 Å². The molecule has 5 nitrogen and oxygen atoms in total. The van der Waals surface area contributed by atoms with Crippen LogP contribution in [0.25, 0.3) is 16.8 Å². The number of hydrogen-bond acceptors (Lipinski definition) is 4. The largest absolute Gasteiger partial charge is 0.467 e. The Hall–Kier alpha value is -2.40. The zero-order valence-corrected chi connectivity index (χ0v) is 19.3. The second-order valence-corrected chi connectivity index (χ2v) is 9.83. The van der Waals surface area contributed by atoms with Crippen molar-refractivity contribution >= 4 is 11.5 Å². The summed E-state index contributed by atoms with van der Waals surface area (Å²) in [5, 5.41) is 4.85. The second kappa shape index (κ2) is 8.38. The minimum absolute atomic E-state index is 0.280. The normalized spacial score (nSPS) is 17.4. The maximum absolute atomic E-state index is 12.8. The molecule has 0 amide bonds. The SMILES string of the molecule is COC(=O)C(OC(C)(C)C)c1c(C2=CCC(C)(C)CC2)c(-c2ccccc2)nn1C. The third-order valence-corrected chi connectivity index (χ3v) is 5.57. The molecule has 1 heterocycles. The molecule has 0 spiro atoms. The van der Waals surface area contributed by atoms with Crippen molar-refractivity contribution in [2.75, 3.05) is 7.11 Å². The summed E-state index contributed by atoms with van der Waals surface area (Å²) in [6.45, 7) is 10.4. The van der Waals surface area contributed by atoms with E-state index in [0.29, 0.717) is 0 Å². The highest BCUT2D eigenvalue weighted by Crippen LogP contribution is 2.44. The molecule has 1 aliphatic rings. The van der Waals surface area contributed by atoms with Gasteiger partial charge >= 0.3 is 5.97 Å². The smallest absolute Gasteiger partial charge is 0.341 e. The van der Waals surface area contributed by atoms with E-state index in [1.807, 2.05) is 46.0 Å². The third-order valence-electron chi connectivity index (χ3n) is 5.57. The fraction of sp³-hybridized carbons (Fsp3) is 0.520. The first-order chi connectivity index (χ1) is 14.0. The predicted molar refractivity (Wildman–Crippen MR) is 120 cm³/mol. The number of ether oxygens (including phenoxy) is 2. The van der Waals surface area contributed by atoms with Crippen molar-refractivity contribution in [1.82, 2.24) is 9.78 Å². The van der Waals surface area contributed by atoms with Crippen LogP contribution >= 0.6 is 0 Å². The molecule has 5 heteroatoms. The average Bonchev–Trinajstić information content (AvgIpc) is 3.02. The Bertz CT molecular complexity index is 933. The summed E-state index contributed by atoms with van der Waals surface area (Å²) in [7, 11) is 3.28. The van der Waals surface area contributed by atoms with Gasteiger partial charge < -0.3 is 9.47 Å². The first kappa shape index (κ1) is 22.3. The van der Waals surface area contributed by atoms with Gasteiger partial charge in [-0.2, -0.15) is 5.10 Å². The number of esters is 1. The summed E-state index contributed by atoms with van der Waals surface area (Å²) in [4.78, 5) is 12.8. The first-order valence-electron chi connectivity index (χ1n) is 10.6. The predicted octanol–water partition coefficient (Wildman–Crippen LogP) is 5.71. The molecule has 1 aliphatic carbocycles. The summed E-state index contributed by atoms with van der Waals surface area (Å²) in [6.07, 6.45) is 4.48. The summed E-state index contributed by atoms with van der Waals surface area (Å²) < 4.78 is 13.1. The van der Waals surface area contributed by atoms with Gasteiger partial charge in [0, 0.05) is 18.2 Å². The topological polar surface area (TPSA) is 53.4 Å². The van der Waals surface area contributed by atoms with Gasteiger partial charge in [-0.3, -0.25) is 4.68 Å². The van der Waals surface area contributed by atoms with Crippen LogP contribution in [-0.4, -0.2) is 28.5 Å². The highest BCUT2D eigenvalue weighted by atomic mass is 16.6. The van der Waals surface area contributed by atoms with E-state index in [-0.39, 0.29) is 5.41 Å². The molecule has 0 radical (unpaired) electrons. The van der Waals surface area contributed by atoms with Crippen molar-refractivity contribution in [1.29, 1.82) is 0 Å². The lowest BCUT2D eigenvalue weighted by molar-refractivity contribution is -0.165. The maximum Gasteiger partial charge on any atom is 0.341 e. The minimum Gasteiger partial charge on any atom is -0.467 e. The lowest BCUT2D eigenvalue weighted by atomic mass is 9.76. The average molecular weight is 411 g/mol. The molecule has 0 fully saturated rings. The molecular formula is C25H34N2O3. The van der Waals surface area contributed by atoms with Crippen LogP contribution in [0.2, 0.25) is 0 Å². The molecule has 1 atom stereocenters. The molecule has 1 aromatic heterocycles. The number of carbonyl (C=O) groups excluding carboxylic acids is 1. The molecule has 0 saturated heterocycles. The fourth-order valence-corrected chi connectivity index (χ4v) is 3.93. The van der Waals surface area contributed by atoms with Crippen LogP contribution in [0, 0.1) is 5.41 Å². The third kappa shape index (κ3) is 4.84. The molecule has 162 valence electrons. The molecule has 0 N–H and O–H groups in total. The Morgan fingerprint density at radius 1 is 1.20 bits per heavy atom. The van der Waals surface area contributed by atoms with E-state index in [2.05, 4.69) is 32.1 Å². The van der Waals surface area contributed by atoms with Crippen molar-refractivity contribution < 1.29 is 14.3 Å². The van der Waals surface area contributed by atoms with Gasteiger partial charge in [-0.05, 0) is 51.0 Å². The number of nitrogens with zero attached hydrogens (tertiary/aromatic N) is 2. The number of rotatable bonds is 5. The van der Waals surface area contributed by atoms with Gasteiger partial charge in [0.05, 0.1) is 18.4 Å². The van der Waals surface area contributed by atoms with E-state index in [9.17, 15) is 4.79 Å². The lowest BCUT2D eigenvalue weighted by Gasteiger charge is -2.30. The van der Waals surface area contributed by atoms with Gasteiger partial charge in [0.2, 0.25) is 0 Å². The molecular weight excluding hydrogens is 376 g/mol. The molecule has 1 unspecified atom stereocenters. The molecule has 0 saturated carbocycles. The molecule has 0 bridgehead atoms. The molecule has 30 heavy (non-hydrogen) atoms. The van der Waals surface area contributed by atoms with E-state index in [1.54, 1.807) is 4.68 Å². The van der Waals surface area contributed by atoms with E-state index < -0.39 is 17.7 Å². The van der Waals surface area contributed by atoms with Gasteiger partial charge in [-0.25, -0.2) is 4.79 Å². The number of allylic oxidation sites excluding steroid dienone is 2. The first-order valence-corrected chi connectivity index (χ1v) is 10.6. The zero-order chi connectivity index (χ0) is 22.1. The van der Waals surface area contributed by atoms with E-state index in [0.717, 1.165) is 41.8 Å². The molecule has 0 aliphatic heterocycles. The Morgan fingerprint density at radius 2 is 1.87 bits per heavy atom. The van der Waals surface area contributed by atoms with Crippen LogP contribution < -0.4 is 0 Å². The minimum atomic E-state index is -0.851. The molecule has 3 rings (SSSR count). The number of benzene rings is 1. The van der Waals surface area contributed by atoms with Crippen LogP contribution in [0.15, 0.2) is 36.4 Å². The number of aryl methyl sites for hydroxylation is 1. The number of methoxy groups -OCH3 is 1. The zero-order valence-electron chi connectivity index (χ0n) is 19.3. The standard InChI is InChI=1S/C25H34N2O3/c1-24(2,3)30-22(23(28)29-7)21-19(17-13-15-25(4,5)16-14-17)20(26-27(21)6)18-11-9-8-10-12-18/h8-13,22H,14-16H2,1-7H3. The fourth-order valence-electron chi connectivity index (χ4n) is 3.93. The van der Waals surface area contributed by atoms with Crippen molar-refractivity contribution in [3.8, 4) is 11.3 Å². The van der Waals surface area contributed by atoms with E-state index in [1.165, 1.54) is 12.7 Å². The summed E-state index contributed by atoms with van der Waals surface area (Å²) in [6, 6.07) is 10.1. The maximum atomic E-state index is 12.8. The van der Waals surface area contributed by atoms with E-state index in [4.69, 9.17) is 14.6 Å². The lowest BCUT2D eigenvalue weighted by Crippen LogP contribution is -2.30. The van der Waals surface area contributed by atoms with Crippen molar-refractivity contribution in [3.63, 3.8) is 0 Å². The molecule has 2 aromatic rings. The molecule has 1 aromatic carbocycles. The van der Waals surface area contributed by atoms with E-state index >= 15 is 0 Å². The van der Waals surface area contributed by atoms with Crippen LogP contribution in [0.5, 0.6) is 0 Å². The number of hydrogen-bond donors (Lipinski definition) is 0. The van der Waals surface area contributed by atoms with Gasteiger partial charge in [-0.1, -0.05) is 50.3 Å². The van der Waals surface area contributed by atoms with Crippen LogP contribution in [0.1, 0.15) is 71.2 Å². The summed E-state index contributed by atoms with van der Waals surface area (Å²) >= 11 is 0. The Kier molecular flexibility index (Phi) is 6.23. The number of aromatic nitrogens is 2. The Morgan fingerprint density at radius 3 is 2.40 bits per heavy atom. The quantitative estimate of drug-likeness (QED) is 0.593. The van der Waals surface area contributed by atoms with Gasteiger partial charge in [-0.15, -0.1) is 0 Å². The summed E-state index contributed by atoms with van der Waals surface area (Å²) in [5.41, 5.74) is 4.65. The van der Waals surface area contributed by atoms with Crippen molar-refractivity contribution in [2.45, 2.75) is 65.6 Å². The van der Waals surface area contributed by atoms with Crippen LogP contribution in [0.3, 0.4) is 0 Å². The van der Waals surface area contributed by atoms with Crippen molar-refractivity contribution in [2.24, 2.45) is 12.5 Å².